The number of fused-ring (bicyclic) bond motifs is 6. The highest BCUT2D eigenvalue weighted by Crippen LogP contribution is 2.37. The first-order valence-corrected chi connectivity index (χ1v) is 13.9. The first kappa shape index (κ1) is 24.1. The summed E-state index contributed by atoms with van der Waals surface area (Å²) in [5.41, 5.74) is 8.22. The third-order valence-corrected chi connectivity index (χ3v) is 7.89. The number of hydrogen-bond acceptors (Lipinski definition) is 3. The van der Waals surface area contributed by atoms with Crippen LogP contribution in [0.3, 0.4) is 0 Å². The number of benzene rings is 5. The van der Waals surface area contributed by atoms with Gasteiger partial charge in [0.2, 0.25) is 0 Å². The van der Waals surface area contributed by atoms with Crippen molar-refractivity contribution in [3.63, 3.8) is 0 Å². The average molecular weight is 540 g/mol. The Labute approximate surface area is 241 Å². The van der Waals surface area contributed by atoms with Crippen LogP contribution in [0, 0.1) is 0 Å². The molecule has 0 saturated carbocycles. The van der Waals surface area contributed by atoms with Crippen LogP contribution < -0.4 is 10.4 Å². The summed E-state index contributed by atoms with van der Waals surface area (Å²) in [5, 5.41) is 5.33. The minimum Gasteiger partial charge on any atom is -0.452 e. The monoisotopic (exact) mass is 539 g/mol. The van der Waals surface area contributed by atoms with Crippen LogP contribution in [0.25, 0.3) is 84.9 Å². The Hall–Kier alpha value is -5.74. The summed E-state index contributed by atoms with van der Waals surface area (Å²) >= 11 is 0. The van der Waals surface area contributed by atoms with E-state index in [1.54, 1.807) is 0 Å². The highest BCUT2D eigenvalue weighted by atomic mass is 16.3. The average Bonchev–Trinajstić information content (AvgIpc) is 3.58. The summed E-state index contributed by atoms with van der Waals surface area (Å²) in [6, 6.07) is 39.3. The number of allylic oxidation sites excluding steroid dienone is 1. The van der Waals surface area contributed by atoms with Crippen molar-refractivity contribution in [3.8, 4) is 28.3 Å². The highest BCUT2D eigenvalue weighted by Gasteiger charge is 2.20. The van der Waals surface area contributed by atoms with E-state index >= 15 is 0 Å². The summed E-state index contributed by atoms with van der Waals surface area (Å²) in [4.78, 5) is 10.1. The van der Waals surface area contributed by atoms with E-state index in [1.165, 1.54) is 5.39 Å². The van der Waals surface area contributed by atoms with Crippen LogP contribution in [0.2, 0.25) is 0 Å². The van der Waals surface area contributed by atoms with Gasteiger partial charge >= 0.3 is 0 Å². The van der Waals surface area contributed by atoms with Crippen LogP contribution in [0.1, 0.15) is 0 Å². The topological polar surface area (TPSA) is 43.9 Å². The van der Waals surface area contributed by atoms with Gasteiger partial charge in [0.05, 0.1) is 11.0 Å². The maximum atomic E-state index is 6.48. The molecule has 8 aromatic rings. The predicted octanol–water partition coefficient (Wildman–Crippen LogP) is 8.18. The molecule has 0 fully saturated rings. The Morgan fingerprint density at radius 1 is 0.690 bits per heavy atom. The second-order valence-corrected chi connectivity index (χ2v) is 10.4. The van der Waals surface area contributed by atoms with E-state index in [4.69, 9.17) is 14.4 Å². The normalized spacial score (nSPS) is 12.1. The number of rotatable bonds is 4. The summed E-state index contributed by atoms with van der Waals surface area (Å²) < 4.78 is 8.79. The maximum Gasteiger partial charge on any atom is 0.180 e. The van der Waals surface area contributed by atoms with Gasteiger partial charge in [-0.2, -0.15) is 0 Å². The minimum atomic E-state index is 0.666. The van der Waals surface area contributed by atoms with Gasteiger partial charge in [0.25, 0.3) is 0 Å². The number of nitrogens with zero attached hydrogens (tertiary/aromatic N) is 3. The number of aromatic nitrogens is 3. The molecule has 0 saturated heterocycles. The largest absolute Gasteiger partial charge is 0.452 e. The van der Waals surface area contributed by atoms with E-state index in [2.05, 4.69) is 78.4 Å². The second kappa shape index (κ2) is 9.43. The number of para-hydroxylation sites is 1. The van der Waals surface area contributed by atoms with E-state index < -0.39 is 0 Å². The fourth-order valence-electron chi connectivity index (χ4n) is 6.00. The first-order chi connectivity index (χ1) is 20.7. The zero-order valence-corrected chi connectivity index (χ0v) is 22.8. The van der Waals surface area contributed by atoms with Gasteiger partial charge in [-0.25, -0.2) is 9.97 Å². The molecule has 0 amide bonds. The van der Waals surface area contributed by atoms with Crippen LogP contribution in [0.15, 0.2) is 132 Å². The Morgan fingerprint density at radius 2 is 1.43 bits per heavy atom. The van der Waals surface area contributed by atoms with Crippen molar-refractivity contribution in [1.82, 2.24) is 14.5 Å². The van der Waals surface area contributed by atoms with Crippen LogP contribution in [-0.2, 0) is 0 Å². The molecule has 8 rings (SSSR count). The fraction of sp³-hybridized carbons (Fsp3) is 0. The van der Waals surface area contributed by atoms with E-state index in [1.807, 2.05) is 66.7 Å². The Balaban J connectivity index is 1.46. The van der Waals surface area contributed by atoms with Crippen molar-refractivity contribution >= 4 is 56.5 Å². The van der Waals surface area contributed by atoms with Crippen LogP contribution in [-0.4, -0.2) is 14.5 Å². The summed E-state index contributed by atoms with van der Waals surface area (Å²) in [7, 11) is 0. The molecular formula is C38H25N3O. The molecule has 3 heterocycles. The predicted molar refractivity (Wildman–Crippen MR) is 174 cm³/mol. The third-order valence-electron chi connectivity index (χ3n) is 7.89. The van der Waals surface area contributed by atoms with E-state index in [0.717, 1.165) is 65.9 Å². The minimum absolute atomic E-state index is 0.666. The van der Waals surface area contributed by atoms with Gasteiger partial charge in [0, 0.05) is 33.0 Å². The van der Waals surface area contributed by atoms with Gasteiger partial charge < -0.3 is 8.98 Å². The molecule has 0 bridgehead atoms. The summed E-state index contributed by atoms with van der Waals surface area (Å²) in [6.07, 6.45) is 3.87. The van der Waals surface area contributed by atoms with Crippen molar-refractivity contribution in [2.45, 2.75) is 0 Å². The van der Waals surface area contributed by atoms with Crippen LogP contribution in [0.4, 0.5) is 0 Å². The molecule has 0 radical (unpaired) electrons. The molecule has 0 aliphatic carbocycles. The zero-order valence-electron chi connectivity index (χ0n) is 22.8. The molecular weight excluding hydrogens is 514 g/mol. The molecule has 0 atom stereocenters. The van der Waals surface area contributed by atoms with Crippen molar-refractivity contribution in [2.24, 2.45) is 0 Å². The van der Waals surface area contributed by atoms with E-state index in [-0.39, 0.29) is 0 Å². The van der Waals surface area contributed by atoms with E-state index in [0.29, 0.717) is 11.4 Å². The quantitative estimate of drug-likeness (QED) is 0.227. The summed E-state index contributed by atoms with van der Waals surface area (Å²) in [5.74, 6) is 0.666. The smallest absolute Gasteiger partial charge is 0.180 e. The van der Waals surface area contributed by atoms with Gasteiger partial charge in [-0.15, -0.1) is 0 Å². The lowest BCUT2D eigenvalue weighted by molar-refractivity contribution is 0.667. The lowest BCUT2D eigenvalue weighted by atomic mass is 10.1. The molecule has 4 nitrogen and oxygen atoms in total. The molecule has 0 unspecified atom stereocenters. The molecule has 42 heavy (non-hydrogen) atoms. The van der Waals surface area contributed by atoms with Gasteiger partial charge in [0.15, 0.2) is 11.4 Å². The number of furan rings is 1. The lowest BCUT2D eigenvalue weighted by Crippen LogP contribution is -2.23. The second-order valence-electron chi connectivity index (χ2n) is 10.4. The molecule has 4 heteroatoms. The van der Waals surface area contributed by atoms with Gasteiger partial charge in [-0.3, -0.25) is 0 Å². The molecule has 0 aliphatic rings. The van der Waals surface area contributed by atoms with Crippen molar-refractivity contribution < 1.29 is 4.42 Å². The standard InChI is InChI=1S/C38H25N3O/c1-3-12-28-24(2)19-21-32-34(28)29-17-10-11-18-31(29)41(32)27-20-22-33-30(23-27)36-37(42-33)35(25-13-6-4-7-14-25)39-38(40-36)26-15-8-5-9-16-26/h3-23H,1-2H2/b28-12+. The number of hydrogen-bond donors (Lipinski definition) is 0. The molecule has 0 N–H and O–H groups in total. The highest BCUT2D eigenvalue weighted by molar-refractivity contribution is 6.11. The molecule has 3 aromatic heterocycles. The third kappa shape index (κ3) is 3.62. The fourth-order valence-corrected chi connectivity index (χ4v) is 6.00. The van der Waals surface area contributed by atoms with Crippen LogP contribution >= 0.6 is 0 Å². The summed E-state index contributed by atoms with van der Waals surface area (Å²) in [6.45, 7) is 8.25. The van der Waals surface area contributed by atoms with E-state index in [9.17, 15) is 0 Å². The molecule has 0 spiro atoms. The van der Waals surface area contributed by atoms with Crippen LogP contribution in [0.5, 0.6) is 0 Å². The van der Waals surface area contributed by atoms with Crippen molar-refractivity contribution in [2.75, 3.05) is 0 Å². The van der Waals surface area contributed by atoms with Crippen molar-refractivity contribution in [3.05, 3.63) is 138 Å². The first-order valence-electron chi connectivity index (χ1n) is 13.9. The Kier molecular flexibility index (Phi) is 5.41. The molecule has 0 aliphatic heterocycles. The van der Waals surface area contributed by atoms with Gasteiger partial charge in [-0.05, 0) is 40.8 Å². The zero-order chi connectivity index (χ0) is 28.2. The Bertz CT molecular complexity index is 2430. The lowest BCUT2D eigenvalue weighted by Gasteiger charge is -2.08. The SMILES string of the molecule is C=C/C=c1\c(=C)ccc2c1c1ccccc1n2-c1ccc2oc3c(-c4ccccc4)nc(-c4ccccc4)nc3c2c1. The van der Waals surface area contributed by atoms with Crippen molar-refractivity contribution in [1.29, 1.82) is 0 Å². The molecule has 198 valence electrons. The van der Waals surface area contributed by atoms with Gasteiger partial charge in [-0.1, -0.05) is 110 Å². The Morgan fingerprint density at radius 3 is 2.21 bits per heavy atom. The maximum absolute atomic E-state index is 6.48. The van der Waals surface area contributed by atoms with Gasteiger partial charge in [0.1, 0.15) is 16.8 Å². The molecule has 5 aromatic carbocycles.